The van der Waals surface area contributed by atoms with Crippen molar-refractivity contribution < 1.29 is 19.1 Å². The summed E-state index contributed by atoms with van der Waals surface area (Å²) in [7, 11) is 0. The van der Waals surface area contributed by atoms with Gasteiger partial charge in [-0.2, -0.15) is 0 Å². The quantitative estimate of drug-likeness (QED) is 0.561. The molecule has 1 atom stereocenters. The number of anilines is 1. The Bertz CT molecular complexity index is 1000. The third-order valence-corrected chi connectivity index (χ3v) is 4.52. The van der Waals surface area contributed by atoms with E-state index in [4.69, 9.17) is 9.47 Å². The summed E-state index contributed by atoms with van der Waals surface area (Å²) in [6, 6.07) is 25.0. The van der Waals surface area contributed by atoms with Gasteiger partial charge in [0.25, 0.3) is 5.91 Å². The van der Waals surface area contributed by atoms with E-state index in [1.807, 2.05) is 79.7 Å². The Kier molecular flexibility index (Phi) is 7.22. The third kappa shape index (κ3) is 6.21. The molecule has 0 fully saturated rings. The van der Waals surface area contributed by atoms with Crippen LogP contribution < -0.4 is 10.1 Å². The molecular weight excluding hydrogens is 378 g/mol. The van der Waals surface area contributed by atoms with Gasteiger partial charge < -0.3 is 14.8 Å². The molecule has 0 heterocycles. The minimum atomic E-state index is -0.929. The number of rotatable bonds is 8. The van der Waals surface area contributed by atoms with Crippen LogP contribution in [0.25, 0.3) is 0 Å². The molecule has 0 radical (unpaired) electrons. The number of nitrogens with one attached hydrogen (secondary N) is 1. The van der Waals surface area contributed by atoms with Gasteiger partial charge in [-0.3, -0.25) is 4.79 Å². The second-order valence-corrected chi connectivity index (χ2v) is 7.05. The van der Waals surface area contributed by atoms with E-state index >= 15 is 0 Å². The molecule has 1 unspecified atom stereocenters. The highest BCUT2D eigenvalue weighted by atomic mass is 16.6. The maximum atomic E-state index is 12.3. The Hall–Kier alpha value is -3.60. The van der Waals surface area contributed by atoms with E-state index in [2.05, 4.69) is 5.32 Å². The van der Waals surface area contributed by atoms with Crippen molar-refractivity contribution in [3.63, 3.8) is 0 Å². The van der Waals surface area contributed by atoms with Crippen LogP contribution in [-0.4, -0.2) is 24.6 Å². The van der Waals surface area contributed by atoms with Crippen molar-refractivity contribution >= 4 is 17.6 Å². The lowest BCUT2D eigenvalue weighted by atomic mass is 10.0. The second kappa shape index (κ2) is 10.3. The number of esters is 1. The molecule has 0 aliphatic heterocycles. The van der Waals surface area contributed by atoms with E-state index < -0.39 is 18.0 Å². The van der Waals surface area contributed by atoms with E-state index in [0.717, 1.165) is 16.7 Å². The van der Waals surface area contributed by atoms with E-state index in [9.17, 15) is 9.59 Å². The molecule has 0 aliphatic carbocycles. The van der Waals surface area contributed by atoms with Crippen LogP contribution in [-0.2, 0) is 20.7 Å². The van der Waals surface area contributed by atoms with Crippen molar-refractivity contribution in [2.45, 2.75) is 26.4 Å². The fourth-order valence-corrected chi connectivity index (χ4v) is 2.99. The topological polar surface area (TPSA) is 64.6 Å². The number of benzene rings is 3. The Morgan fingerprint density at radius 3 is 2.43 bits per heavy atom. The van der Waals surface area contributed by atoms with Crippen molar-refractivity contribution in [3.05, 3.63) is 95.6 Å². The highest BCUT2D eigenvalue weighted by Gasteiger charge is 2.18. The summed E-state index contributed by atoms with van der Waals surface area (Å²) >= 11 is 0. The van der Waals surface area contributed by atoms with E-state index in [1.165, 1.54) is 6.92 Å². The number of amides is 1. The molecule has 5 heteroatoms. The first-order valence-electron chi connectivity index (χ1n) is 9.83. The van der Waals surface area contributed by atoms with Crippen LogP contribution in [0.2, 0.25) is 0 Å². The van der Waals surface area contributed by atoms with E-state index in [1.54, 1.807) is 6.07 Å². The largest absolute Gasteiger partial charge is 0.482 e. The molecule has 5 nitrogen and oxygen atoms in total. The van der Waals surface area contributed by atoms with Gasteiger partial charge in [0, 0.05) is 12.1 Å². The SMILES string of the molecule is Cc1cccc(NC(=O)C(C)OC(=O)COc2ccccc2Cc2ccccc2)c1. The fourth-order valence-electron chi connectivity index (χ4n) is 2.99. The number of carbonyl (C=O) groups is 2. The number of ether oxygens (including phenoxy) is 2. The van der Waals surface area contributed by atoms with Crippen molar-refractivity contribution in [1.29, 1.82) is 0 Å². The second-order valence-electron chi connectivity index (χ2n) is 7.05. The molecule has 1 amide bonds. The minimum Gasteiger partial charge on any atom is -0.482 e. The average Bonchev–Trinajstić information content (AvgIpc) is 2.74. The highest BCUT2D eigenvalue weighted by Crippen LogP contribution is 2.21. The predicted molar refractivity (Wildman–Crippen MR) is 117 cm³/mol. The summed E-state index contributed by atoms with van der Waals surface area (Å²) in [5.74, 6) is -0.370. The number of carbonyl (C=O) groups excluding carboxylic acids is 2. The smallest absolute Gasteiger partial charge is 0.344 e. The van der Waals surface area contributed by atoms with Gasteiger partial charge in [0.1, 0.15) is 5.75 Å². The fraction of sp³-hybridized carbons (Fsp3) is 0.200. The Labute approximate surface area is 176 Å². The summed E-state index contributed by atoms with van der Waals surface area (Å²) in [4.78, 5) is 24.4. The van der Waals surface area contributed by atoms with Gasteiger partial charge in [0.2, 0.25) is 0 Å². The zero-order chi connectivity index (χ0) is 21.3. The van der Waals surface area contributed by atoms with Gasteiger partial charge in [-0.1, -0.05) is 60.7 Å². The minimum absolute atomic E-state index is 0.270. The van der Waals surface area contributed by atoms with Crippen molar-refractivity contribution in [2.24, 2.45) is 0 Å². The molecular formula is C25H25NO4. The molecule has 0 saturated carbocycles. The van der Waals surface area contributed by atoms with Crippen LogP contribution >= 0.6 is 0 Å². The lowest BCUT2D eigenvalue weighted by Gasteiger charge is -2.15. The van der Waals surface area contributed by atoms with Crippen LogP contribution in [0.1, 0.15) is 23.6 Å². The van der Waals surface area contributed by atoms with Crippen molar-refractivity contribution in [2.75, 3.05) is 11.9 Å². The first-order valence-corrected chi connectivity index (χ1v) is 9.83. The van der Waals surface area contributed by atoms with Gasteiger partial charge in [0.15, 0.2) is 12.7 Å². The molecule has 30 heavy (non-hydrogen) atoms. The van der Waals surface area contributed by atoms with E-state index in [0.29, 0.717) is 17.9 Å². The first kappa shape index (κ1) is 21.1. The van der Waals surface area contributed by atoms with Crippen LogP contribution in [0.5, 0.6) is 5.75 Å². The van der Waals surface area contributed by atoms with Gasteiger partial charge in [-0.15, -0.1) is 0 Å². The van der Waals surface area contributed by atoms with Crippen LogP contribution in [0.3, 0.4) is 0 Å². The van der Waals surface area contributed by atoms with Crippen LogP contribution in [0, 0.1) is 6.92 Å². The van der Waals surface area contributed by atoms with E-state index in [-0.39, 0.29) is 6.61 Å². The summed E-state index contributed by atoms with van der Waals surface area (Å²) in [6.07, 6.45) is -0.234. The summed E-state index contributed by atoms with van der Waals surface area (Å²) in [5, 5.41) is 2.74. The molecule has 3 rings (SSSR count). The molecule has 0 saturated heterocycles. The zero-order valence-corrected chi connectivity index (χ0v) is 17.1. The zero-order valence-electron chi connectivity index (χ0n) is 17.1. The van der Waals surface area contributed by atoms with Crippen LogP contribution in [0.4, 0.5) is 5.69 Å². The Balaban J connectivity index is 1.52. The number of aryl methyl sites for hydroxylation is 1. The molecule has 3 aromatic rings. The molecule has 0 spiro atoms. The average molecular weight is 403 g/mol. The first-order chi connectivity index (χ1) is 14.5. The van der Waals surface area contributed by atoms with Gasteiger partial charge >= 0.3 is 5.97 Å². The predicted octanol–water partition coefficient (Wildman–Crippen LogP) is 4.54. The lowest BCUT2D eigenvalue weighted by Crippen LogP contribution is -2.31. The summed E-state index contributed by atoms with van der Waals surface area (Å²) in [6.45, 7) is 3.20. The van der Waals surface area contributed by atoms with Crippen molar-refractivity contribution in [1.82, 2.24) is 0 Å². The molecule has 1 N–H and O–H groups in total. The maximum Gasteiger partial charge on any atom is 0.344 e. The summed E-state index contributed by atoms with van der Waals surface area (Å²) < 4.78 is 10.9. The standard InChI is InChI=1S/C25H25NO4/c1-18-9-8-13-22(15-18)26-25(28)19(2)30-24(27)17-29-23-14-7-6-12-21(23)16-20-10-4-3-5-11-20/h3-15,19H,16-17H2,1-2H3,(H,26,28). The molecule has 0 aromatic heterocycles. The highest BCUT2D eigenvalue weighted by molar-refractivity contribution is 5.95. The lowest BCUT2D eigenvalue weighted by molar-refractivity contribution is -0.155. The molecule has 0 aliphatic rings. The Morgan fingerprint density at radius 1 is 0.933 bits per heavy atom. The number of hydrogen-bond acceptors (Lipinski definition) is 4. The van der Waals surface area contributed by atoms with Crippen molar-refractivity contribution in [3.8, 4) is 5.75 Å². The normalized spacial score (nSPS) is 11.4. The van der Waals surface area contributed by atoms with Gasteiger partial charge in [-0.05, 0) is 48.7 Å². The third-order valence-electron chi connectivity index (χ3n) is 4.52. The molecule has 0 bridgehead atoms. The monoisotopic (exact) mass is 403 g/mol. The summed E-state index contributed by atoms with van der Waals surface area (Å²) in [5.41, 5.74) is 3.81. The van der Waals surface area contributed by atoms with Crippen LogP contribution in [0.15, 0.2) is 78.9 Å². The number of hydrogen-bond donors (Lipinski definition) is 1. The molecule has 154 valence electrons. The number of para-hydroxylation sites is 1. The van der Waals surface area contributed by atoms with Gasteiger partial charge in [0.05, 0.1) is 0 Å². The van der Waals surface area contributed by atoms with Gasteiger partial charge in [-0.25, -0.2) is 4.79 Å². The Morgan fingerprint density at radius 2 is 1.67 bits per heavy atom. The maximum absolute atomic E-state index is 12.3. The molecule has 3 aromatic carbocycles.